The quantitative estimate of drug-likeness (QED) is 0.347. The number of sulfone groups is 1. The van der Waals surface area contributed by atoms with Gasteiger partial charge in [-0.05, 0) is 31.4 Å². The maximum Gasteiger partial charge on any atom is 1.00 e. The summed E-state index contributed by atoms with van der Waals surface area (Å²) >= 11 is 0. The molecule has 30 heavy (non-hydrogen) atoms. The van der Waals surface area contributed by atoms with Crippen molar-refractivity contribution in [2.45, 2.75) is 48.6 Å². The molecule has 0 aliphatic carbocycles. The predicted octanol–water partition coefficient (Wildman–Crippen LogP) is -5.08. The number of carboxylic acid groups (broad SMARTS) is 1. The smallest absolute Gasteiger partial charge is 0.548 e. The van der Waals surface area contributed by atoms with Crippen LogP contribution < -0.4 is 40.0 Å². The fourth-order valence-corrected chi connectivity index (χ4v) is 7.04. The van der Waals surface area contributed by atoms with Crippen LogP contribution in [0.15, 0.2) is 24.3 Å². The van der Waals surface area contributed by atoms with E-state index in [2.05, 4.69) is 5.32 Å². The van der Waals surface area contributed by atoms with Crippen LogP contribution in [0.25, 0.3) is 0 Å². The Labute approximate surface area is 196 Å². The largest absolute Gasteiger partial charge is 1.00 e. The zero-order valence-corrected chi connectivity index (χ0v) is 19.7. The van der Waals surface area contributed by atoms with Crippen molar-refractivity contribution in [3.8, 4) is 0 Å². The number of carbonyl (C=O) groups excluding carboxylic acids is 3. The Morgan fingerprint density at radius 1 is 1.30 bits per heavy atom. The SMILES string of the molecule is CC1(C)[C@H](C(=O)[O-])N2C(=O)[C@@H]([C@H](O)C(=O)C3NCCc4ccccc43)[C@H]2S1(=O)=O.[Na+]. The summed E-state index contributed by atoms with van der Waals surface area (Å²) in [7, 11) is -4.16. The van der Waals surface area contributed by atoms with Gasteiger partial charge in [0.25, 0.3) is 0 Å². The summed E-state index contributed by atoms with van der Waals surface area (Å²) in [4.78, 5) is 37.9. The first-order valence-corrected chi connectivity index (χ1v) is 10.9. The number of amides is 1. The number of aliphatic carboxylic acids is 1. The van der Waals surface area contributed by atoms with Crippen LogP contribution >= 0.6 is 0 Å². The summed E-state index contributed by atoms with van der Waals surface area (Å²) in [5, 5.41) is 23.7. The number of nitrogens with zero attached hydrogens (tertiary/aromatic N) is 1. The fourth-order valence-electron chi connectivity index (χ4n) is 4.72. The number of hydrogen-bond donors (Lipinski definition) is 2. The molecule has 1 unspecified atom stereocenters. The summed E-state index contributed by atoms with van der Waals surface area (Å²) in [5.74, 6) is -4.80. The van der Waals surface area contributed by atoms with Gasteiger partial charge in [-0.2, -0.15) is 0 Å². The third-order valence-corrected chi connectivity index (χ3v) is 9.20. The molecule has 0 bridgehead atoms. The molecule has 5 atom stereocenters. The van der Waals surface area contributed by atoms with E-state index in [-0.39, 0.29) is 29.6 Å². The number of fused-ring (bicyclic) bond motifs is 2. The van der Waals surface area contributed by atoms with E-state index in [0.717, 1.165) is 5.56 Å². The van der Waals surface area contributed by atoms with Crippen LogP contribution in [-0.2, 0) is 30.6 Å². The predicted molar refractivity (Wildman–Crippen MR) is 97.8 cm³/mol. The molecule has 3 aliphatic rings. The molecular formula is C19H21N2NaO7S. The van der Waals surface area contributed by atoms with E-state index in [1.54, 1.807) is 12.1 Å². The van der Waals surface area contributed by atoms with Crippen molar-refractivity contribution in [3.63, 3.8) is 0 Å². The van der Waals surface area contributed by atoms with E-state index in [1.165, 1.54) is 13.8 Å². The Morgan fingerprint density at radius 2 is 1.93 bits per heavy atom. The number of aliphatic hydroxyl groups excluding tert-OH is 1. The molecule has 2 N–H and O–H groups in total. The van der Waals surface area contributed by atoms with Crippen molar-refractivity contribution in [3.05, 3.63) is 35.4 Å². The number of rotatable bonds is 4. The van der Waals surface area contributed by atoms with Gasteiger partial charge in [-0.15, -0.1) is 0 Å². The monoisotopic (exact) mass is 444 g/mol. The summed E-state index contributed by atoms with van der Waals surface area (Å²) in [6, 6.07) is 4.66. The van der Waals surface area contributed by atoms with Gasteiger partial charge in [0.05, 0.1) is 22.8 Å². The molecule has 2 fully saturated rings. The van der Waals surface area contributed by atoms with Crippen molar-refractivity contribution in [2.75, 3.05) is 6.54 Å². The first kappa shape index (κ1) is 23.4. The number of nitrogens with one attached hydrogen (secondary N) is 1. The van der Waals surface area contributed by atoms with Gasteiger partial charge < -0.3 is 25.2 Å². The number of hydrogen-bond acceptors (Lipinski definition) is 8. The fraction of sp³-hybridized carbons (Fsp3) is 0.526. The maximum absolute atomic E-state index is 13.0. The normalized spacial score (nSPS) is 31.6. The van der Waals surface area contributed by atoms with E-state index >= 15 is 0 Å². The molecule has 0 radical (unpaired) electrons. The molecule has 9 nitrogen and oxygen atoms in total. The number of ketones is 1. The van der Waals surface area contributed by atoms with Gasteiger partial charge in [0.15, 0.2) is 15.6 Å². The Balaban J connectivity index is 0.00000256. The van der Waals surface area contributed by atoms with Crippen molar-refractivity contribution < 1.29 is 62.6 Å². The molecule has 1 aromatic rings. The van der Waals surface area contributed by atoms with Crippen LogP contribution in [-0.4, -0.2) is 64.9 Å². The van der Waals surface area contributed by atoms with Crippen molar-refractivity contribution in [1.82, 2.24) is 10.2 Å². The summed E-state index contributed by atoms with van der Waals surface area (Å²) in [5.41, 5.74) is 1.61. The van der Waals surface area contributed by atoms with Gasteiger partial charge in [-0.3, -0.25) is 9.59 Å². The van der Waals surface area contributed by atoms with Crippen molar-refractivity contribution in [2.24, 2.45) is 5.92 Å². The number of carboxylic acids is 1. The average Bonchev–Trinajstić information content (AvgIpc) is 2.81. The van der Waals surface area contributed by atoms with Crippen molar-refractivity contribution >= 4 is 27.5 Å². The topological polar surface area (TPSA) is 144 Å². The molecule has 3 aliphatic heterocycles. The second-order valence-corrected chi connectivity index (χ2v) is 10.8. The molecule has 11 heteroatoms. The Hall–Kier alpha value is -1.30. The van der Waals surface area contributed by atoms with Crippen molar-refractivity contribution in [1.29, 1.82) is 0 Å². The van der Waals surface area contributed by atoms with Gasteiger partial charge in [-0.25, -0.2) is 8.42 Å². The molecule has 0 saturated carbocycles. The van der Waals surface area contributed by atoms with Crippen LogP contribution in [0.5, 0.6) is 0 Å². The summed E-state index contributed by atoms with van der Waals surface area (Å²) < 4.78 is 24.1. The van der Waals surface area contributed by atoms with Crippen LogP contribution in [0, 0.1) is 5.92 Å². The molecule has 0 spiro atoms. The minimum Gasteiger partial charge on any atom is -0.548 e. The van der Waals surface area contributed by atoms with Gasteiger partial charge >= 0.3 is 29.6 Å². The Morgan fingerprint density at radius 3 is 2.57 bits per heavy atom. The molecule has 1 aromatic carbocycles. The summed E-state index contributed by atoms with van der Waals surface area (Å²) in [6.07, 6.45) is -1.18. The standard InChI is InChI=1S/C19H22N2O7S.Na/c1-19(2)15(18(25)26)21-16(24)11(17(21)29(19,27)28)13(22)14(23)12-10-6-4-3-5-9(10)7-8-20-12;/h3-6,11-13,15,17,20,22H,7-8H2,1-2H3,(H,25,26);/q;+1/p-1/t11-,12?,13+,15+,17-;/m1./s1. The molecule has 2 saturated heterocycles. The van der Waals surface area contributed by atoms with Gasteiger partial charge in [-0.1, -0.05) is 24.3 Å². The summed E-state index contributed by atoms with van der Waals surface area (Å²) in [6.45, 7) is 2.91. The molecule has 3 heterocycles. The number of benzene rings is 1. The zero-order valence-electron chi connectivity index (χ0n) is 16.9. The van der Waals surface area contributed by atoms with E-state index in [4.69, 9.17) is 0 Å². The zero-order chi connectivity index (χ0) is 21.3. The van der Waals surface area contributed by atoms with E-state index in [1.807, 2.05) is 12.1 Å². The van der Waals surface area contributed by atoms with Crippen LogP contribution in [0.3, 0.4) is 0 Å². The number of carbonyl (C=O) groups is 3. The molecule has 4 rings (SSSR count). The minimum atomic E-state index is -4.16. The first-order valence-electron chi connectivity index (χ1n) is 9.31. The molecule has 156 valence electrons. The number of Topliss-reactive ketones (excluding diaryl/α,β-unsaturated/α-hetero) is 1. The minimum absolute atomic E-state index is 0. The maximum atomic E-state index is 13.0. The number of β-lactam (4-membered cyclic amide) rings is 1. The van der Waals surface area contributed by atoms with Crippen LogP contribution in [0.1, 0.15) is 31.0 Å². The first-order chi connectivity index (χ1) is 13.5. The van der Waals surface area contributed by atoms with E-state index in [9.17, 15) is 33.0 Å². The van der Waals surface area contributed by atoms with Gasteiger partial charge in [0.2, 0.25) is 5.91 Å². The average molecular weight is 444 g/mol. The molecule has 1 amide bonds. The third kappa shape index (κ3) is 3.00. The second kappa shape index (κ2) is 7.68. The van der Waals surface area contributed by atoms with E-state index < -0.39 is 61.7 Å². The van der Waals surface area contributed by atoms with Gasteiger partial charge in [0.1, 0.15) is 17.4 Å². The Bertz CT molecular complexity index is 1030. The molecular weight excluding hydrogens is 423 g/mol. The third-order valence-electron chi connectivity index (χ3n) is 6.36. The Kier molecular flexibility index (Phi) is 5.98. The number of aliphatic hydroxyl groups is 1. The van der Waals surface area contributed by atoms with Gasteiger partial charge in [0, 0.05) is 6.54 Å². The van der Waals surface area contributed by atoms with Crippen LogP contribution in [0.4, 0.5) is 0 Å². The molecule has 0 aromatic heterocycles. The van der Waals surface area contributed by atoms with Crippen LogP contribution in [0.2, 0.25) is 0 Å². The second-order valence-electron chi connectivity index (χ2n) is 8.22. The van der Waals surface area contributed by atoms with E-state index in [0.29, 0.717) is 23.4 Å².